The lowest BCUT2D eigenvalue weighted by Crippen LogP contribution is -2.46. The van der Waals surface area contributed by atoms with Crippen LogP contribution in [-0.2, 0) is 0 Å². The van der Waals surface area contributed by atoms with Crippen molar-refractivity contribution >= 4 is 39.6 Å². The van der Waals surface area contributed by atoms with Crippen LogP contribution < -0.4 is 21.9 Å². The smallest absolute Gasteiger partial charge is 0.272 e. The predicted octanol–water partition coefficient (Wildman–Crippen LogP) is 2.29. The van der Waals surface area contributed by atoms with Crippen molar-refractivity contribution in [1.29, 1.82) is 0 Å². The second-order valence-corrected chi connectivity index (χ2v) is 5.82. The molecule has 114 valence electrons. The quantitative estimate of drug-likeness (QED) is 0.392. The largest absolute Gasteiger partial charge is 0.390 e. The van der Waals surface area contributed by atoms with Crippen molar-refractivity contribution in [3.8, 4) is 10.4 Å². The highest BCUT2D eigenvalue weighted by molar-refractivity contribution is 7.80. The number of hydrogen-bond donors (Lipinski definition) is 4. The number of carbonyl (C=O) groups is 1. The fraction of sp³-hybridized carbons (Fsp3) is 0.0667. The zero-order chi connectivity index (χ0) is 15.9. The van der Waals surface area contributed by atoms with Gasteiger partial charge < -0.3 is 11.1 Å². The standard InChI is InChI=1S/C15H16N4OS2/c1-2-8-17-15(21)19-18-14(20)11-9-12(22-13(11)16)10-6-4-3-5-7-10/h2-7,9H,1,8,16H2,(H,18,20)(H2,17,19,21). The van der Waals surface area contributed by atoms with Gasteiger partial charge in [-0.15, -0.1) is 17.9 Å². The number of anilines is 1. The summed E-state index contributed by atoms with van der Waals surface area (Å²) in [4.78, 5) is 13.1. The molecule has 0 fully saturated rings. The minimum absolute atomic E-state index is 0.310. The number of thiocarbonyl (C=S) groups is 1. The Labute approximate surface area is 138 Å². The summed E-state index contributed by atoms with van der Waals surface area (Å²) < 4.78 is 0. The Kier molecular flexibility index (Phi) is 5.51. The van der Waals surface area contributed by atoms with E-state index < -0.39 is 0 Å². The number of carbonyl (C=O) groups excluding carboxylic acids is 1. The van der Waals surface area contributed by atoms with Crippen molar-refractivity contribution in [3.63, 3.8) is 0 Å². The zero-order valence-electron chi connectivity index (χ0n) is 11.8. The second-order valence-electron chi connectivity index (χ2n) is 4.33. The molecule has 0 saturated carbocycles. The van der Waals surface area contributed by atoms with Gasteiger partial charge in [0.25, 0.3) is 5.91 Å². The number of benzene rings is 1. The van der Waals surface area contributed by atoms with E-state index in [0.717, 1.165) is 10.4 Å². The molecule has 0 atom stereocenters. The Balaban J connectivity index is 2.03. The first-order valence-corrected chi connectivity index (χ1v) is 7.74. The molecule has 22 heavy (non-hydrogen) atoms. The molecular formula is C15H16N4OS2. The maximum atomic E-state index is 12.1. The minimum atomic E-state index is -0.335. The van der Waals surface area contributed by atoms with E-state index in [2.05, 4.69) is 22.7 Å². The molecule has 1 heterocycles. The van der Waals surface area contributed by atoms with Crippen molar-refractivity contribution in [3.05, 3.63) is 54.6 Å². The first-order valence-electron chi connectivity index (χ1n) is 6.51. The van der Waals surface area contributed by atoms with Gasteiger partial charge in [0.05, 0.1) is 10.6 Å². The SMILES string of the molecule is C=CCNC(=S)NNC(=O)c1cc(-c2ccccc2)sc1N. The molecule has 0 aliphatic carbocycles. The Hall–Kier alpha value is -2.38. The van der Waals surface area contributed by atoms with Gasteiger partial charge in [-0.05, 0) is 23.8 Å². The predicted molar refractivity (Wildman–Crippen MR) is 95.6 cm³/mol. The number of hydrazine groups is 1. The van der Waals surface area contributed by atoms with E-state index in [1.807, 2.05) is 30.3 Å². The summed E-state index contributed by atoms with van der Waals surface area (Å²) in [7, 11) is 0. The van der Waals surface area contributed by atoms with Gasteiger partial charge in [-0.3, -0.25) is 15.6 Å². The molecule has 2 rings (SSSR count). The van der Waals surface area contributed by atoms with Crippen molar-refractivity contribution in [2.45, 2.75) is 0 Å². The lowest BCUT2D eigenvalue weighted by Gasteiger charge is -2.09. The fourth-order valence-electron chi connectivity index (χ4n) is 1.72. The van der Waals surface area contributed by atoms with Crippen LogP contribution in [0.4, 0.5) is 5.00 Å². The van der Waals surface area contributed by atoms with Crippen LogP contribution >= 0.6 is 23.6 Å². The van der Waals surface area contributed by atoms with E-state index in [9.17, 15) is 4.79 Å². The van der Waals surface area contributed by atoms with Crippen molar-refractivity contribution < 1.29 is 4.79 Å². The molecule has 0 aliphatic heterocycles. The number of hydrogen-bond acceptors (Lipinski definition) is 4. The number of thiophene rings is 1. The molecule has 1 amide bonds. The van der Waals surface area contributed by atoms with Gasteiger partial charge in [-0.1, -0.05) is 36.4 Å². The molecular weight excluding hydrogens is 316 g/mol. The summed E-state index contributed by atoms with van der Waals surface area (Å²) in [5.41, 5.74) is 12.5. The Morgan fingerprint density at radius 2 is 2.05 bits per heavy atom. The van der Waals surface area contributed by atoms with Gasteiger partial charge >= 0.3 is 0 Å². The zero-order valence-corrected chi connectivity index (χ0v) is 13.4. The van der Waals surface area contributed by atoms with Crippen molar-refractivity contribution in [2.75, 3.05) is 12.3 Å². The molecule has 7 heteroatoms. The third-order valence-electron chi connectivity index (χ3n) is 2.76. The summed E-state index contributed by atoms with van der Waals surface area (Å²) in [5, 5.41) is 3.62. The fourth-order valence-corrected chi connectivity index (χ4v) is 2.78. The third-order valence-corrected chi connectivity index (χ3v) is 4.02. The molecule has 1 aromatic heterocycles. The lowest BCUT2D eigenvalue weighted by atomic mass is 10.1. The van der Waals surface area contributed by atoms with Crippen LogP contribution in [0.2, 0.25) is 0 Å². The lowest BCUT2D eigenvalue weighted by molar-refractivity contribution is 0.0945. The van der Waals surface area contributed by atoms with Gasteiger partial charge in [0, 0.05) is 11.4 Å². The molecule has 0 aliphatic rings. The van der Waals surface area contributed by atoms with E-state index >= 15 is 0 Å². The Morgan fingerprint density at radius 3 is 2.73 bits per heavy atom. The number of amides is 1. The van der Waals surface area contributed by atoms with Gasteiger partial charge in [-0.2, -0.15) is 0 Å². The number of nitrogen functional groups attached to an aromatic ring is 1. The van der Waals surface area contributed by atoms with Gasteiger partial charge in [-0.25, -0.2) is 0 Å². The molecule has 0 saturated heterocycles. The summed E-state index contributed by atoms with van der Waals surface area (Å²) in [6, 6.07) is 11.5. The Morgan fingerprint density at radius 1 is 1.32 bits per heavy atom. The molecule has 2 aromatic rings. The van der Waals surface area contributed by atoms with E-state index in [1.54, 1.807) is 12.1 Å². The van der Waals surface area contributed by atoms with Crippen LogP contribution in [0.25, 0.3) is 10.4 Å². The highest BCUT2D eigenvalue weighted by atomic mass is 32.1. The van der Waals surface area contributed by atoms with Crippen LogP contribution in [-0.4, -0.2) is 17.6 Å². The molecule has 0 bridgehead atoms. The molecule has 5 nitrogen and oxygen atoms in total. The third kappa shape index (κ3) is 4.06. The monoisotopic (exact) mass is 332 g/mol. The van der Waals surface area contributed by atoms with Crippen LogP contribution in [0.15, 0.2) is 49.1 Å². The molecule has 1 aromatic carbocycles. The van der Waals surface area contributed by atoms with Gasteiger partial charge in [0.15, 0.2) is 5.11 Å². The molecule has 0 unspecified atom stereocenters. The maximum absolute atomic E-state index is 12.1. The van der Waals surface area contributed by atoms with Gasteiger partial charge in [0.1, 0.15) is 0 Å². The highest BCUT2D eigenvalue weighted by Gasteiger charge is 2.15. The number of nitrogens with two attached hydrogens (primary N) is 1. The normalized spacial score (nSPS) is 9.82. The summed E-state index contributed by atoms with van der Waals surface area (Å²) >= 11 is 6.36. The van der Waals surface area contributed by atoms with Crippen LogP contribution in [0.3, 0.4) is 0 Å². The molecule has 0 radical (unpaired) electrons. The summed E-state index contributed by atoms with van der Waals surface area (Å²) in [5.74, 6) is -0.335. The van der Waals surface area contributed by atoms with E-state index in [1.165, 1.54) is 11.3 Å². The number of nitrogens with one attached hydrogen (secondary N) is 3. The average molecular weight is 332 g/mol. The molecule has 0 spiro atoms. The summed E-state index contributed by atoms with van der Waals surface area (Å²) in [6.45, 7) is 4.08. The van der Waals surface area contributed by atoms with Gasteiger partial charge in [0.2, 0.25) is 0 Å². The van der Waals surface area contributed by atoms with Crippen molar-refractivity contribution in [2.24, 2.45) is 0 Å². The Bertz CT molecular complexity index is 682. The van der Waals surface area contributed by atoms with Crippen LogP contribution in [0.5, 0.6) is 0 Å². The highest BCUT2D eigenvalue weighted by Crippen LogP contribution is 2.33. The van der Waals surface area contributed by atoms with E-state index in [-0.39, 0.29) is 5.91 Å². The van der Waals surface area contributed by atoms with E-state index in [4.69, 9.17) is 18.0 Å². The average Bonchev–Trinajstić information content (AvgIpc) is 2.93. The minimum Gasteiger partial charge on any atom is -0.390 e. The van der Waals surface area contributed by atoms with Crippen LogP contribution in [0.1, 0.15) is 10.4 Å². The first-order chi connectivity index (χ1) is 10.6. The maximum Gasteiger partial charge on any atom is 0.272 e. The summed E-state index contributed by atoms with van der Waals surface area (Å²) in [6.07, 6.45) is 1.67. The molecule has 5 N–H and O–H groups in total. The topological polar surface area (TPSA) is 79.2 Å². The van der Waals surface area contributed by atoms with E-state index in [0.29, 0.717) is 22.2 Å². The number of rotatable bonds is 4. The first kappa shape index (κ1) is 16.0. The van der Waals surface area contributed by atoms with Crippen molar-refractivity contribution in [1.82, 2.24) is 16.2 Å². The second kappa shape index (κ2) is 7.58. The van der Waals surface area contributed by atoms with Crippen LogP contribution in [0, 0.1) is 0 Å².